The van der Waals surface area contributed by atoms with E-state index in [-0.39, 0.29) is 0 Å². The molecule has 8 heteroatoms. The predicted octanol–water partition coefficient (Wildman–Crippen LogP) is 2.21. The number of anilines is 1. The van der Waals surface area contributed by atoms with Crippen LogP contribution in [-0.2, 0) is 14.3 Å². The van der Waals surface area contributed by atoms with E-state index in [1.54, 1.807) is 0 Å². The zero-order valence-corrected chi connectivity index (χ0v) is 9.97. The quantitative estimate of drug-likeness (QED) is 0.662. The molecule has 98 valence electrons. The molecule has 0 bridgehead atoms. The number of hydrogen-bond donors (Lipinski definition) is 1. The molecular weight excluding hydrogens is 259 g/mol. The summed E-state index contributed by atoms with van der Waals surface area (Å²) in [5.41, 5.74) is -4.14. The Hall–Kier alpha value is -1.28. The van der Waals surface area contributed by atoms with Gasteiger partial charge in [0.15, 0.2) is 0 Å². The maximum Gasteiger partial charge on any atom is 0.523 e. The van der Waals surface area contributed by atoms with Crippen LogP contribution in [0.3, 0.4) is 0 Å². The summed E-state index contributed by atoms with van der Waals surface area (Å²) in [5.74, 6) is 0. The van der Waals surface area contributed by atoms with Crippen molar-refractivity contribution in [3.8, 4) is 0 Å². The number of halogens is 3. The summed E-state index contributed by atoms with van der Waals surface area (Å²) in [5, 5.41) is 3.03. The van der Waals surface area contributed by atoms with Gasteiger partial charge >= 0.3 is 15.6 Å². The molecule has 0 amide bonds. The molecule has 0 aliphatic heterocycles. The molecule has 1 aromatic carbocycles. The molecule has 0 aromatic heterocycles. The zero-order chi connectivity index (χ0) is 13.5. The largest absolute Gasteiger partial charge is 0.523 e. The highest BCUT2D eigenvalue weighted by molar-refractivity contribution is 7.87. The molecule has 0 saturated carbocycles. The van der Waals surface area contributed by atoms with Crippen molar-refractivity contribution >= 4 is 15.8 Å². The average Bonchev–Trinajstić information content (AvgIpc) is 2.29. The fraction of sp³-hybridized carbons (Fsp3) is 0.333. The van der Waals surface area contributed by atoms with E-state index in [4.69, 9.17) is 0 Å². The lowest BCUT2D eigenvalue weighted by Gasteiger charge is -2.02. The number of para-hydroxylation sites is 1. The van der Waals surface area contributed by atoms with E-state index < -0.39 is 15.6 Å². The zero-order valence-electron chi connectivity index (χ0n) is 9.15. The molecule has 0 radical (unpaired) electrons. The van der Waals surface area contributed by atoms with Crippen LogP contribution in [0.15, 0.2) is 30.3 Å². The Labute approximate surface area is 97.5 Å². The van der Waals surface area contributed by atoms with Crippen molar-refractivity contribution in [2.45, 2.75) is 5.51 Å². The van der Waals surface area contributed by atoms with Gasteiger partial charge in [-0.2, -0.15) is 21.6 Å². The van der Waals surface area contributed by atoms with Crippen LogP contribution in [-0.4, -0.2) is 28.1 Å². The molecule has 0 heterocycles. The molecule has 0 saturated heterocycles. The minimum atomic E-state index is -5.34. The highest BCUT2D eigenvalue weighted by atomic mass is 32.2. The third kappa shape index (κ3) is 5.55. The summed E-state index contributed by atoms with van der Waals surface area (Å²) in [7, 11) is -2.98. The van der Waals surface area contributed by atoms with Crippen LogP contribution in [0.25, 0.3) is 0 Å². The Bertz CT molecular complexity index is 417. The standard InChI is InChI=1S/C7H9N.C2H3F3O3S/c1-8-7-5-3-2-4-6-7;1-8-9(6,7)2(3,4)5/h2-6,8H,1H3;1H3. The normalized spacial score (nSPS) is 11.4. The molecule has 1 rings (SSSR count). The second-order valence-electron chi connectivity index (χ2n) is 2.68. The summed E-state index contributed by atoms with van der Waals surface area (Å²) < 4.78 is 55.9. The van der Waals surface area contributed by atoms with Gasteiger partial charge in [0.2, 0.25) is 0 Å². The molecule has 1 aromatic rings. The lowest BCUT2D eigenvalue weighted by Crippen LogP contribution is -2.23. The van der Waals surface area contributed by atoms with Gasteiger partial charge in [-0.15, -0.1) is 0 Å². The highest BCUT2D eigenvalue weighted by Crippen LogP contribution is 2.23. The fourth-order valence-corrected chi connectivity index (χ4v) is 0.888. The number of benzene rings is 1. The lowest BCUT2D eigenvalue weighted by atomic mass is 10.3. The summed E-state index contributed by atoms with van der Waals surface area (Å²) in [6, 6.07) is 10.1. The molecule has 0 spiro atoms. The molecule has 0 aliphatic carbocycles. The molecule has 0 unspecified atom stereocenters. The first-order chi connectivity index (χ1) is 7.74. The second-order valence-corrected chi connectivity index (χ2v) is 4.39. The molecule has 4 nitrogen and oxygen atoms in total. The van der Waals surface area contributed by atoms with Gasteiger partial charge in [-0.1, -0.05) is 18.2 Å². The van der Waals surface area contributed by atoms with E-state index >= 15 is 0 Å². The lowest BCUT2D eigenvalue weighted by molar-refractivity contribution is -0.0526. The number of rotatable bonds is 2. The van der Waals surface area contributed by atoms with Gasteiger partial charge in [0.25, 0.3) is 0 Å². The van der Waals surface area contributed by atoms with Crippen molar-refractivity contribution in [3.63, 3.8) is 0 Å². The van der Waals surface area contributed by atoms with Crippen LogP contribution in [0.4, 0.5) is 18.9 Å². The first-order valence-corrected chi connectivity index (χ1v) is 5.75. The number of alkyl halides is 3. The van der Waals surface area contributed by atoms with Crippen molar-refractivity contribution in [2.75, 3.05) is 19.5 Å². The van der Waals surface area contributed by atoms with Gasteiger partial charge in [-0.3, -0.25) is 4.18 Å². The minimum absolute atomic E-state index is 0.447. The Morgan fingerprint density at radius 2 is 1.65 bits per heavy atom. The van der Waals surface area contributed by atoms with Gasteiger partial charge in [-0.05, 0) is 12.1 Å². The van der Waals surface area contributed by atoms with Crippen LogP contribution >= 0.6 is 0 Å². The number of hydrogen-bond acceptors (Lipinski definition) is 4. The monoisotopic (exact) mass is 271 g/mol. The first-order valence-electron chi connectivity index (χ1n) is 4.34. The Balaban J connectivity index is 0.000000302. The molecule has 0 aliphatic rings. The Kier molecular flexibility index (Phi) is 5.97. The fourth-order valence-electron chi connectivity index (χ4n) is 0.699. The molecule has 0 atom stereocenters. The van der Waals surface area contributed by atoms with Gasteiger partial charge in [0, 0.05) is 12.7 Å². The van der Waals surface area contributed by atoms with Crippen molar-refractivity contribution in [1.82, 2.24) is 0 Å². The Morgan fingerprint density at radius 1 is 1.18 bits per heavy atom. The predicted molar refractivity (Wildman–Crippen MR) is 58.0 cm³/mol. The SMILES string of the molecule is CNc1ccccc1.COS(=O)(=O)C(F)(F)F. The maximum atomic E-state index is 11.1. The topological polar surface area (TPSA) is 55.4 Å². The summed E-state index contributed by atoms with van der Waals surface area (Å²) in [6.45, 7) is 0. The molecular formula is C9H12F3NO3S. The van der Waals surface area contributed by atoms with Crippen LogP contribution in [0.5, 0.6) is 0 Å². The summed E-state index contributed by atoms with van der Waals surface area (Å²) >= 11 is 0. The summed E-state index contributed by atoms with van der Waals surface area (Å²) in [4.78, 5) is 0. The molecule has 17 heavy (non-hydrogen) atoms. The van der Waals surface area contributed by atoms with E-state index in [0.717, 1.165) is 5.69 Å². The van der Waals surface area contributed by atoms with Gasteiger partial charge in [-0.25, -0.2) is 0 Å². The van der Waals surface area contributed by atoms with Crippen LogP contribution in [0.2, 0.25) is 0 Å². The third-order valence-electron chi connectivity index (χ3n) is 1.57. The van der Waals surface area contributed by atoms with E-state index in [0.29, 0.717) is 7.11 Å². The average molecular weight is 271 g/mol. The number of nitrogens with one attached hydrogen (secondary N) is 1. The summed E-state index contributed by atoms with van der Waals surface area (Å²) in [6.07, 6.45) is 0. The third-order valence-corrected chi connectivity index (χ3v) is 2.57. The van der Waals surface area contributed by atoms with Crippen LogP contribution in [0, 0.1) is 0 Å². The van der Waals surface area contributed by atoms with Gasteiger partial charge in [0.05, 0.1) is 7.11 Å². The van der Waals surface area contributed by atoms with E-state index in [1.807, 2.05) is 37.4 Å². The smallest absolute Gasteiger partial charge is 0.388 e. The second kappa shape index (κ2) is 6.45. The van der Waals surface area contributed by atoms with Crippen molar-refractivity contribution in [3.05, 3.63) is 30.3 Å². The molecule has 1 N–H and O–H groups in total. The van der Waals surface area contributed by atoms with Crippen LogP contribution in [0.1, 0.15) is 0 Å². The maximum absolute atomic E-state index is 11.1. The highest BCUT2D eigenvalue weighted by Gasteiger charge is 2.46. The van der Waals surface area contributed by atoms with E-state index in [1.165, 1.54) is 0 Å². The van der Waals surface area contributed by atoms with Gasteiger partial charge < -0.3 is 5.32 Å². The van der Waals surface area contributed by atoms with Crippen molar-refractivity contribution in [2.24, 2.45) is 0 Å². The molecule has 0 fully saturated rings. The van der Waals surface area contributed by atoms with Crippen molar-refractivity contribution in [1.29, 1.82) is 0 Å². The van der Waals surface area contributed by atoms with Gasteiger partial charge in [0.1, 0.15) is 0 Å². The van der Waals surface area contributed by atoms with E-state index in [9.17, 15) is 21.6 Å². The van der Waals surface area contributed by atoms with Crippen molar-refractivity contribution < 1.29 is 25.8 Å². The Morgan fingerprint density at radius 3 is 1.82 bits per heavy atom. The van der Waals surface area contributed by atoms with Crippen LogP contribution < -0.4 is 5.32 Å². The first kappa shape index (κ1) is 15.7. The van der Waals surface area contributed by atoms with E-state index in [2.05, 4.69) is 9.50 Å². The minimum Gasteiger partial charge on any atom is -0.388 e.